The van der Waals surface area contributed by atoms with Crippen molar-refractivity contribution >= 4 is 17.6 Å². The van der Waals surface area contributed by atoms with Gasteiger partial charge in [-0.3, -0.25) is 0 Å². The predicted octanol–water partition coefficient (Wildman–Crippen LogP) is 3.04. The van der Waals surface area contributed by atoms with E-state index in [0.717, 1.165) is 7.25 Å². The SMILES string of the molecule is CC1=Cc2c(C(C)C)ccc(C)c2[CH]1[Zr+2]([CH]1C(C)=Cc2c(C(C)C)ccc(C)c21)=[Si](C)C.[Cl-].[Cl-]. The largest absolute Gasteiger partial charge is 1.00 e. The van der Waals surface area contributed by atoms with E-state index >= 15 is 0 Å². The maximum Gasteiger partial charge on any atom is -1.00 e. The van der Waals surface area contributed by atoms with Gasteiger partial charge in [0, 0.05) is 0 Å². The van der Waals surface area contributed by atoms with Gasteiger partial charge in [-0.15, -0.1) is 0 Å². The Morgan fingerprint density at radius 2 is 1.00 bits per heavy atom. The number of allylic oxidation sites excluding steroid dienone is 2. The van der Waals surface area contributed by atoms with Gasteiger partial charge in [-0.1, -0.05) is 0 Å². The molecule has 2 aliphatic carbocycles. The van der Waals surface area contributed by atoms with E-state index in [1.807, 2.05) is 0 Å². The Morgan fingerprint density at radius 3 is 1.29 bits per heavy atom. The van der Waals surface area contributed by atoms with Crippen molar-refractivity contribution in [3.8, 4) is 0 Å². The number of benzene rings is 2. The summed E-state index contributed by atoms with van der Waals surface area (Å²) in [5.74, 6) is 1.16. The van der Waals surface area contributed by atoms with Gasteiger partial charge >= 0.3 is 205 Å². The zero-order chi connectivity index (χ0) is 23.5. The second-order valence-corrected chi connectivity index (χ2v) is 28.9. The Balaban J connectivity index is 0.00000204. The number of aryl methyl sites for hydroxylation is 2. The topological polar surface area (TPSA) is 0 Å². The molecule has 0 saturated carbocycles. The number of fused-ring (bicyclic) bond motifs is 2. The summed E-state index contributed by atoms with van der Waals surface area (Å²) in [6.45, 7) is 24.3. The Labute approximate surface area is 228 Å². The van der Waals surface area contributed by atoms with Crippen LogP contribution in [0, 0.1) is 13.8 Å². The minimum atomic E-state index is -1.97. The van der Waals surface area contributed by atoms with E-state index in [2.05, 4.69) is 105 Å². The summed E-state index contributed by atoms with van der Waals surface area (Å²) in [5.41, 5.74) is 15.7. The molecule has 0 N–H and O–H groups in total. The molecule has 0 nitrogen and oxygen atoms in total. The molecule has 0 bridgehead atoms. The van der Waals surface area contributed by atoms with Gasteiger partial charge in [-0.05, 0) is 0 Å². The van der Waals surface area contributed by atoms with Gasteiger partial charge < -0.3 is 24.8 Å². The van der Waals surface area contributed by atoms with Crippen LogP contribution in [-0.4, -0.2) is 5.43 Å². The Kier molecular flexibility index (Phi) is 9.94. The van der Waals surface area contributed by atoms with Crippen LogP contribution in [0.3, 0.4) is 0 Å². The van der Waals surface area contributed by atoms with Crippen LogP contribution in [-0.2, 0) is 20.4 Å². The third-order valence-corrected chi connectivity index (χ3v) is 27.6. The molecule has 2 aromatic carbocycles. The van der Waals surface area contributed by atoms with Crippen LogP contribution >= 0.6 is 0 Å². The van der Waals surface area contributed by atoms with E-state index in [1.54, 1.807) is 44.5 Å². The van der Waals surface area contributed by atoms with Crippen molar-refractivity contribution in [3.05, 3.63) is 79.9 Å². The summed E-state index contributed by atoms with van der Waals surface area (Å²) in [6.07, 6.45) is 5.17. The van der Waals surface area contributed by atoms with Crippen LogP contribution in [0.15, 0.2) is 35.4 Å². The van der Waals surface area contributed by atoms with Crippen molar-refractivity contribution in [2.45, 2.75) is 87.6 Å². The number of hydrogen-bond acceptors (Lipinski definition) is 0. The Bertz CT molecular complexity index is 1110. The van der Waals surface area contributed by atoms with Crippen LogP contribution in [0.5, 0.6) is 0 Å². The second-order valence-electron chi connectivity index (χ2n) is 11.0. The smallest absolute Gasteiger partial charge is 1.00 e. The number of rotatable bonds is 4. The molecule has 2 aliphatic rings. The summed E-state index contributed by atoms with van der Waals surface area (Å²) in [4.78, 5) is 0. The molecular formula is C30H40Cl2SiZr. The summed E-state index contributed by atoms with van der Waals surface area (Å²) in [6, 6.07) is 9.62. The van der Waals surface area contributed by atoms with E-state index < -0.39 is 20.4 Å². The van der Waals surface area contributed by atoms with Crippen molar-refractivity contribution in [3.63, 3.8) is 0 Å². The van der Waals surface area contributed by atoms with Gasteiger partial charge in [-0.2, -0.15) is 0 Å². The minimum Gasteiger partial charge on any atom is -1.00 e. The minimum absolute atomic E-state index is 0. The molecule has 0 spiro atoms. The molecule has 0 radical (unpaired) electrons. The average molecular weight is 591 g/mol. The molecule has 0 aliphatic heterocycles. The first-order valence-corrected chi connectivity index (χ1v) is 21.4. The average Bonchev–Trinajstić information content (AvgIpc) is 3.21. The standard InChI is InChI=1S/2C14H17.C2H6Si.2ClH.Zr/c2*1-9(2)12-6-5-11(4)13-7-10(3)8-14(12)13;1-3-2;;;/h2*5-9H,1-4H3;1-2H3;2*1H;/q;;;;;+2/p-2. The van der Waals surface area contributed by atoms with Crippen molar-refractivity contribution in [1.82, 2.24) is 0 Å². The fraction of sp³-hybridized carbons (Fsp3) is 0.467. The second kappa shape index (κ2) is 11.3. The van der Waals surface area contributed by atoms with Gasteiger partial charge in [0.2, 0.25) is 0 Å². The maximum atomic E-state index is 2.64. The third-order valence-electron chi connectivity index (χ3n) is 7.75. The van der Waals surface area contributed by atoms with E-state index in [9.17, 15) is 0 Å². The fourth-order valence-electron chi connectivity index (χ4n) is 6.24. The monoisotopic (exact) mass is 588 g/mol. The van der Waals surface area contributed by atoms with Gasteiger partial charge in [-0.25, -0.2) is 0 Å². The van der Waals surface area contributed by atoms with Crippen LogP contribution in [0.25, 0.3) is 12.2 Å². The first kappa shape index (κ1) is 29.8. The molecule has 0 fully saturated rings. The van der Waals surface area contributed by atoms with Gasteiger partial charge in [0.05, 0.1) is 0 Å². The van der Waals surface area contributed by atoms with Crippen molar-refractivity contribution < 1.29 is 45.2 Å². The van der Waals surface area contributed by atoms with Gasteiger partial charge in [0.15, 0.2) is 0 Å². The van der Waals surface area contributed by atoms with E-state index in [0.29, 0.717) is 11.8 Å². The Morgan fingerprint density at radius 1 is 0.647 bits per heavy atom. The van der Waals surface area contributed by atoms with E-state index in [-0.39, 0.29) is 30.2 Å². The summed E-state index contributed by atoms with van der Waals surface area (Å²) < 4.78 is 1.47. The quantitative estimate of drug-likeness (QED) is 0.481. The number of hydrogen-bond donors (Lipinski definition) is 0. The first-order chi connectivity index (χ1) is 15.0. The summed E-state index contributed by atoms with van der Waals surface area (Å²) in [7, 11) is 0. The molecule has 4 rings (SSSR count). The van der Waals surface area contributed by atoms with Crippen molar-refractivity contribution in [2.24, 2.45) is 0 Å². The zero-order valence-electron chi connectivity index (χ0n) is 22.5. The molecule has 4 heteroatoms. The summed E-state index contributed by atoms with van der Waals surface area (Å²) in [5, 5.41) is 0. The molecule has 0 amide bonds. The molecule has 2 atom stereocenters. The normalized spacial score (nSPS) is 17.9. The van der Waals surface area contributed by atoms with Crippen LogP contribution in [0.4, 0.5) is 0 Å². The molecule has 2 aromatic rings. The maximum absolute atomic E-state index is 2.64. The Hall–Kier alpha value is -0.400. The molecule has 0 saturated heterocycles. The molecule has 0 aromatic heterocycles. The number of halogens is 2. The van der Waals surface area contributed by atoms with Crippen LogP contribution in [0.2, 0.25) is 13.1 Å². The zero-order valence-corrected chi connectivity index (χ0v) is 27.5. The molecular weight excluding hydrogens is 551 g/mol. The predicted molar refractivity (Wildman–Crippen MR) is 141 cm³/mol. The van der Waals surface area contributed by atoms with Gasteiger partial charge in [0.1, 0.15) is 0 Å². The third kappa shape index (κ3) is 4.91. The molecule has 34 heavy (non-hydrogen) atoms. The first-order valence-electron chi connectivity index (χ1n) is 12.3. The molecule has 0 heterocycles. The van der Waals surface area contributed by atoms with E-state index in [1.165, 1.54) is 11.1 Å². The van der Waals surface area contributed by atoms with Crippen LogP contribution in [0.1, 0.15) is 105 Å². The molecule has 182 valence electrons. The van der Waals surface area contributed by atoms with Crippen molar-refractivity contribution in [2.75, 3.05) is 0 Å². The molecule has 2 unspecified atom stereocenters. The fourth-order valence-corrected chi connectivity index (χ4v) is 27.4. The van der Waals surface area contributed by atoms with Gasteiger partial charge in [0.25, 0.3) is 0 Å². The summed E-state index contributed by atoms with van der Waals surface area (Å²) >= 11 is -1.97. The van der Waals surface area contributed by atoms with E-state index in [4.69, 9.17) is 0 Å². The van der Waals surface area contributed by atoms with Crippen molar-refractivity contribution in [1.29, 1.82) is 0 Å². The van der Waals surface area contributed by atoms with Crippen LogP contribution < -0.4 is 24.8 Å².